The van der Waals surface area contributed by atoms with Gasteiger partial charge in [-0.05, 0) is 18.4 Å². The van der Waals surface area contributed by atoms with Crippen LogP contribution >= 0.6 is 0 Å². The van der Waals surface area contributed by atoms with Crippen LogP contribution in [-0.2, 0) is 30.1 Å². The second kappa shape index (κ2) is 11.0. The van der Waals surface area contributed by atoms with Gasteiger partial charge in [0.1, 0.15) is 0 Å². The molecule has 0 amide bonds. The lowest BCUT2D eigenvalue weighted by Crippen LogP contribution is -2.38. The van der Waals surface area contributed by atoms with Crippen LogP contribution in [0, 0.1) is 0 Å². The molecular formula is C21H33N5OS. The summed E-state index contributed by atoms with van der Waals surface area (Å²) in [6.45, 7) is 8.44. The molecule has 0 saturated heterocycles. The van der Waals surface area contributed by atoms with Crippen LogP contribution in [0.25, 0.3) is 0 Å². The number of guanidine groups is 1. The number of benzene rings is 1. The first-order chi connectivity index (χ1) is 13.4. The van der Waals surface area contributed by atoms with E-state index in [2.05, 4.69) is 47.3 Å². The smallest absolute Gasteiger partial charge is 0.193 e. The number of aryl methyl sites for hydroxylation is 1. The molecule has 1 aromatic carbocycles. The standard InChI is InChI=1S/C21H33N5OS/c1-6-22-21(23-12-13-28(27)16-18-10-8-7-9-11-18)25(4)14-19-15-26(5)24-20(19)17(2)3/h7-11,15,17H,6,12-14,16H2,1-5H3,(H,22,23). The topological polar surface area (TPSA) is 62.5 Å². The van der Waals surface area contributed by atoms with Crippen molar-refractivity contribution in [2.45, 2.75) is 39.0 Å². The molecule has 6 nitrogen and oxygen atoms in total. The summed E-state index contributed by atoms with van der Waals surface area (Å²) in [5.74, 6) is 2.35. The Labute approximate surface area is 171 Å². The van der Waals surface area contributed by atoms with Gasteiger partial charge in [-0.25, -0.2) is 0 Å². The average Bonchev–Trinajstić information content (AvgIpc) is 3.02. The van der Waals surface area contributed by atoms with E-state index in [1.165, 1.54) is 5.56 Å². The molecule has 1 N–H and O–H groups in total. The number of aliphatic imine (C=N–C) groups is 1. The van der Waals surface area contributed by atoms with Gasteiger partial charge in [0.15, 0.2) is 5.96 Å². The van der Waals surface area contributed by atoms with Crippen LogP contribution in [0.3, 0.4) is 0 Å². The first-order valence-corrected chi connectivity index (χ1v) is 11.3. The van der Waals surface area contributed by atoms with Crippen LogP contribution in [-0.4, -0.2) is 50.7 Å². The molecule has 0 bridgehead atoms. The van der Waals surface area contributed by atoms with Gasteiger partial charge in [0, 0.05) is 61.3 Å². The molecule has 1 unspecified atom stereocenters. The maximum Gasteiger partial charge on any atom is 0.193 e. The Hall–Kier alpha value is -2.15. The van der Waals surface area contributed by atoms with E-state index in [4.69, 9.17) is 0 Å². The summed E-state index contributed by atoms with van der Waals surface area (Å²) in [6, 6.07) is 9.96. The van der Waals surface area contributed by atoms with Crippen molar-refractivity contribution in [1.82, 2.24) is 20.0 Å². The van der Waals surface area contributed by atoms with E-state index in [0.29, 0.717) is 24.0 Å². The van der Waals surface area contributed by atoms with Crippen molar-refractivity contribution in [3.63, 3.8) is 0 Å². The van der Waals surface area contributed by atoms with Gasteiger partial charge < -0.3 is 10.2 Å². The fourth-order valence-electron chi connectivity index (χ4n) is 3.05. The fourth-order valence-corrected chi connectivity index (χ4v) is 4.05. The summed E-state index contributed by atoms with van der Waals surface area (Å²) in [5, 5.41) is 7.91. The number of hydrogen-bond acceptors (Lipinski definition) is 3. The van der Waals surface area contributed by atoms with Crippen molar-refractivity contribution in [2.24, 2.45) is 12.0 Å². The summed E-state index contributed by atoms with van der Waals surface area (Å²) in [7, 11) is 3.07. The fraction of sp³-hybridized carbons (Fsp3) is 0.524. The summed E-state index contributed by atoms with van der Waals surface area (Å²) < 4.78 is 14.2. The average molecular weight is 404 g/mol. The molecule has 1 atom stereocenters. The van der Waals surface area contributed by atoms with Crippen LogP contribution in [0.5, 0.6) is 0 Å². The van der Waals surface area contributed by atoms with Crippen LogP contribution in [0.2, 0.25) is 0 Å². The number of nitrogens with one attached hydrogen (secondary N) is 1. The molecule has 0 radical (unpaired) electrons. The Balaban J connectivity index is 1.96. The van der Waals surface area contributed by atoms with Crippen LogP contribution in [0.15, 0.2) is 41.5 Å². The molecule has 0 fully saturated rings. The summed E-state index contributed by atoms with van der Waals surface area (Å²) >= 11 is 0. The lowest BCUT2D eigenvalue weighted by molar-refractivity contribution is 0.474. The molecule has 1 aromatic heterocycles. The van der Waals surface area contributed by atoms with Gasteiger partial charge in [-0.15, -0.1) is 0 Å². The third-order valence-corrected chi connectivity index (χ3v) is 5.63. The lowest BCUT2D eigenvalue weighted by Gasteiger charge is -2.22. The first-order valence-electron chi connectivity index (χ1n) is 9.81. The van der Waals surface area contributed by atoms with Gasteiger partial charge >= 0.3 is 0 Å². The van der Waals surface area contributed by atoms with E-state index in [1.54, 1.807) is 0 Å². The Morgan fingerprint density at radius 2 is 2.04 bits per heavy atom. The van der Waals surface area contributed by atoms with Crippen molar-refractivity contribution in [2.75, 3.05) is 25.9 Å². The second-order valence-electron chi connectivity index (χ2n) is 7.23. The highest BCUT2D eigenvalue weighted by Crippen LogP contribution is 2.18. The largest absolute Gasteiger partial charge is 0.357 e. The van der Waals surface area contributed by atoms with Gasteiger partial charge in [-0.2, -0.15) is 5.10 Å². The highest BCUT2D eigenvalue weighted by Gasteiger charge is 2.15. The number of nitrogens with zero attached hydrogens (tertiary/aromatic N) is 4. The zero-order valence-electron chi connectivity index (χ0n) is 17.7. The Morgan fingerprint density at radius 1 is 1.32 bits per heavy atom. The highest BCUT2D eigenvalue weighted by atomic mass is 32.2. The lowest BCUT2D eigenvalue weighted by atomic mass is 10.1. The predicted octanol–water partition coefficient (Wildman–Crippen LogP) is 2.89. The third-order valence-electron chi connectivity index (χ3n) is 4.34. The normalized spacial score (nSPS) is 13.0. The van der Waals surface area contributed by atoms with Gasteiger partial charge in [0.2, 0.25) is 0 Å². The van der Waals surface area contributed by atoms with E-state index in [-0.39, 0.29) is 0 Å². The Kier molecular flexibility index (Phi) is 8.70. The molecule has 0 aliphatic carbocycles. The second-order valence-corrected chi connectivity index (χ2v) is 8.81. The van der Waals surface area contributed by atoms with Crippen molar-refractivity contribution in [3.8, 4) is 0 Å². The monoisotopic (exact) mass is 403 g/mol. The summed E-state index contributed by atoms with van der Waals surface area (Å²) in [5.41, 5.74) is 3.43. The minimum absolute atomic E-state index is 0.379. The van der Waals surface area contributed by atoms with Crippen LogP contribution < -0.4 is 5.32 Å². The van der Waals surface area contributed by atoms with Gasteiger partial charge in [0.05, 0.1) is 12.2 Å². The van der Waals surface area contributed by atoms with Crippen LogP contribution in [0.1, 0.15) is 43.5 Å². The molecule has 1 heterocycles. The molecule has 7 heteroatoms. The molecule has 2 aromatic rings. The third kappa shape index (κ3) is 6.78. The molecule has 0 aliphatic rings. The Morgan fingerprint density at radius 3 is 2.68 bits per heavy atom. The molecular weight excluding hydrogens is 370 g/mol. The first kappa shape index (κ1) is 22.1. The zero-order valence-corrected chi connectivity index (χ0v) is 18.5. The number of hydrogen-bond donors (Lipinski definition) is 1. The zero-order chi connectivity index (χ0) is 20.5. The van der Waals surface area contributed by atoms with Gasteiger partial charge in [-0.3, -0.25) is 13.9 Å². The minimum atomic E-state index is -0.916. The molecule has 0 aliphatic heterocycles. The van der Waals surface area contributed by atoms with E-state index in [0.717, 1.165) is 30.3 Å². The maximum atomic E-state index is 12.3. The Bertz CT molecular complexity index is 785. The highest BCUT2D eigenvalue weighted by molar-refractivity contribution is 7.84. The van der Waals surface area contributed by atoms with E-state index < -0.39 is 10.8 Å². The van der Waals surface area contributed by atoms with Crippen LogP contribution in [0.4, 0.5) is 0 Å². The van der Waals surface area contributed by atoms with Crippen molar-refractivity contribution < 1.29 is 4.21 Å². The molecule has 28 heavy (non-hydrogen) atoms. The van der Waals surface area contributed by atoms with Crippen molar-refractivity contribution in [3.05, 3.63) is 53.3 Å². The van der Waals surface area contributed by atoms with E-state index >= 15 is 0 Å². The minimum Gasteiger partial charge on any atom is -0.357 e. The maximum absolute atomic E-state index is 12.3. The molecule has 0 saturated carbocycles. The predicted molar refractivity (Wildman–Crippen MR) is 118 cm³/mol. The SMILES string of the molecule is CCNC(=NCCS(=O)Cc1ccccc1)N(C)Cc1cn(C)nc1C(C)C. The molecule has 154 valence electrons. The van der Waals surface area contributed by atoms with E-state index in [1.807, 2.05) is 49.1 Å². The van der Waals surface area contributed by atoms with E-state index in [9.17, 15) is 4.21 Å². The summed E-state index contributed by atoms with van der Waals surface area (Å²) in [6.07, 6.45) is 2.07. The molecule has 0 spiro atoms. The number of rotatable bonds is 9. The van der Waals surface area contributed by atoms with Gasteiger partial charge in [0.25, 0.3) is 0 Å². The quantitative estimate of drug-likeness (QED) is 0.517. The number of aromatic nitrogens is 2. The van der Waals surface area contributed by atoms with Crippen molar-refractivity contribution >= 4 is 16.8 Å². The van der Waals surface area contributed by atoms with Gasteiger partial charge in [-0.1, -0.05) is 44.2 Å². The molecule has 2 rings (SSSR count). The summed E-state index contributed by atoms with van der Waals surface area (Å²) in [4.78, 5) is 6.79. The van der Waals surface area contributed by atoms with Crippen molar-refractivity contribution in [1.29, 1.82) is 0 Å².